The van der Waals surface area contributed by atoms with Gasteiger partial charge in [-0.25, -0.2) is 0 Å². The standard InChI is InChI=1S/C17H22N2O5/c1-11(19-7-5-12(6-8-19)17(21)22-2)16(20)18-13-3-4-14-15(9-13)24-10-23-14/h3-4,9,11-12H,5-8,10H2,1-2H3,(H,18,20)/t11-/m0/s1. The Morgan fingerprint density at radius 2 is 1.96 bits per heavy atom. The van der Waals surface area contributed by atoms with Crippen LogP contribution in [0.2, 0.25) is 0 Å². The molecule has 130 valence electrons. The smallest absolute Gasteiger partial charge is 0.308 e. The van der Waals surface area contributed by atoms with Crippen molar-refractivity contribution in [3.8, 4) is 11.5 Å². The molecular formula is C17H22N2O5. The van der Waals surface area contributed by atoms with E-state index in [1.165, 1.54) is 7.11 Å². The van der Waals surface area contributed by atoms with Gasteiger partial charge in [0.05, 0.1) is 19.1 Å². The van der Waals surface area contributed by atoms with Crippen LogP contribution in [-0.4, -0.2) is 49.8 Å². The van der Waals surface area contributed by atoms with E-state index in [-0.39, 0.29) is 30.6 Å². The molecule has 24 heavy (non-hydrogen) atoms. The Labute approximate surface area is 140 Å². The zero-order valence-corrected chi connectivity index (χ0v) is 13.9. The molecule has 0 radical (unpaired) electrons. The van der Waals surface area contributed by atoms with Gasteiger partial charge in [0, 0.05) is 11.8 Å². The minimum absolute atomic E-state index is 0.0598. The zero-order chi connectivity index (χ0) is 17.1. The molecule has 7 heteroatoms. The summed E-state index contributed by atoms with van der Waals surface area (Å²) >= 11 is 0. The van der Waals surface area contributed by atoms with Gasteiger partial charge in [0.2, 0.25) is 12.7 Å². The third-order valence-corrected chi connectivity index (χ3v) is 4.63. The lowest BCUT2D eigenvalue weighted by Gasteiger charge is -2.34. The van der Waals surface area contributed by atoms with Gasteiger partial charge in [-0.3, -0.25) is 14.5 Å². The Morgan fingerprint density at radius 3 is 2.67 bits per heavy atom. The number of benzene rings is 1. The zero-order valence-electron chi connectivity index (χ0n) is 13.9. The first-order valence-electron chi connectivity index (χ1n) is 8.11. The average Bonchev–Trinajstić information content (AvgIpc) is 3.08. The number of fused-ring (bicyclic) bond motifs is 1. The summed E-state index contributed by atoms with van der Waals surface area (Å²) in [6.07, 6.45) is 1.43. The van der Waals surface area contributed by atoms with Gasteiger partial charge in [0.1, 0.15) is 0 Å². The quantitative estimate of drug-likeness (QED) is 0.843. The van der Waals surface area contributed by atoms with Crippen molar-refractivity contribution in [1.82, 2.24) is 4.90 Å². The highest BCUT2D eigenvalue weighted by Gasteiger charge is 2.30. The van der Waals surface area contributed by atoms with E-state index in [1.807, 2.05) is 6.92 Å². The molecule has 7 nitrogen and oxygen atoms in total. The number of nitrogens with zero attached hydrogens (tertiary/aromatic N) is 1. The number of esters is 1. The molecule has 0 bridgehead atoms. The van der Waals surface area contributed by atoms with Crippen LogP contribution >= 0.6 is 0 Å². The minimum atomic E-state index is -0.269. The predicted octanol–water partition coefficient (Wildman–Crippen LogP) is 1.63. The summed E-state index contributed by atoms with van der Waals surface area (Å²) in [4.78, 5) is 26.1. The summed E-state index contributed by atoms with van der Waals surface area (Å²) in [7, 11) is 1.41. The molecule has 2 aliphatic rings. The number of hydrogen-bond acceptors (Lipinski definition) is 6. The summed E-state index contributed by atoms with van der Waals surface area (Å²) in [6, 6.07) is 5.07. The first kappa shape index (κ1) is 16.6. The molecule has 1 aromatic carbocycles. The summed E-state index contributed by atoms with van der Waals surface area (Å²) in [6.45, 7) is 3.49. The van der Waals surface area contributed by atoms with Crippen molar-refractivity contribution in [3.63, 3.8) is 0 Å². The number of likely N-dealkylation sites (tertiary alicyclic amines) is 1. The van der Waals surface area contributed by atoms with E-state index < -0.39 is 0 Å². The highest BCUT2D eigenvalue weighted by Crippen LogP contribution is 2.34. The Kier molecular flexibility index (Phi) is 4.89. The predicted molar refractivity (Wildman–Crippen MR) is 87.0 cm³/mol. The van der Waals surface area contributed by atoms with Crippen LogP contribution in [0.25, 0.3) is 0 Å². The summed E-state index contributed by atoms with van der Waals surface area (Å²) < 4.78 is 15.4. The maximum absolute atomic E-state index is 12.5. The highest BCUT2D eigenvalue weighted by molar-refractivity contribution is 5.94. The normalized spacial score (nSPS) is 18.9. The van der Waals surface area contributed by atoms with E-state index in [2.05, 4.69) is 10.2 Å². The van der Waals surface area contributed by atoms with Gasteiger partial charge in [0.25, 0.3) is 0 Å². The fraction of sp³-hybridized carbons (Fsp3) is 0.529. The number of amides is 1. The van der Waals surface area contributed by atoms with Crippen molar-refractivity contribution in [2.45, 2.75) is 25.8 Å². The largest absolute Gasteiger partial charge is 0.469 e. The van der Waals surface area contributed by atoms with Gasteiger partial charge >= 0.3 is 5.97 Å². The molecule has 2 heterocycles. The minimum Gasteiger partial charge on any atom is -0.469 e. The highest BCUT2D eigenvalue weighted by atomic mass is 16.7. The third-order valence-electron chi connectivity index (χ3n) is 4.63. The first-order valence-corrected chi connectivity index (χ1v) is 8.11. The molecule has 1 aromatic rings. The van der Waals surface area contributed by atoms with E-state index in [1.54, 1.807) is 18.2 Å². The topological polar surface area (TPSA) is 77.1 Å². The number of nitrogens with one attached hydrogen (secondary N) is 1. The average molecular weight is 334 g/mol. The molecule has 1 atom stereocenters. The van der Waals surface area contributed by atoms with Crippen LogP contribution in [0.1, 0.15) is 19.8 Å². The second kappa shape index (κ2) is 7.09. The van der Waals surface area contributed by atoms with E-state index in [0.29, 0.717) is 43.1 Å². The van der Waals surface area contributed by atoms with Crippen LogP contribution in [0.15, 0.2) is 18.2 Å². The molecular weight excluding hydrogens is 312 g/mol. The van der Waals surface area contributed by atoms with Crippen LogP contribution in [-0.2, 0) is 14.3 Å². The number of hydrogen-bond donors (Lipinski definition) is 1. The molecule has 0 saturated carbocycles. The van der Waals surface area contributed by atoms with Crippen LogP contribution < -0.4 is 14.8 Å². The van der Waals surface area contributed by atoms with Gasteiger partial charge in [0.15, 0.2) is 11.5 Å². The van der Waals surface area contributed by atoms with Crippen molar-refractivity contribution >= 4 is 17.6 Å². The van der Waals surface area contributed by atoms with E-state index in [9.17, 15) is 9.59 Å². The molecule has 0 unspecified atom stereocenters. The third kappa shape index (κ3) is 3.46. The second-order valence-corrected chi connectivity index (χ2v) is 6.07. The number of rotatable bonds is 4. The molecule has 3 rings (SSSR count). The fourth-order valence-electron chi connectivity index (χ4n) is 3.08. The molecule has 1 fully saturated rings. The van der Waals surface area contributed by atoms with Crippen molar-refractivity contribution in [1.29, 1.82) is 0 Å². The fourth-order valence-corrected chi connectivity index (χ4v) is 3.08. The number of carbonyl (C=O) groups excluding carboxylic acids is 2. The summed E-state index contributed by atoms with van der Waals surface area (Å²) in [5.74, 6) is 1.03. The number of piperidine rings is 1. The lowest BCUT2D eigenvalue weighted by molar-refractivity contribution is -0.147. The van der Waals surface area contributed by atoms with E-state index in [0.717, 1.165) is 0 Å². The maximum Gasteiger partial charge on any atom is 0.308 e. The monoisotopic (exact) mass is 334 g/mol. The van der Waals surface area contributed by atoms with Crippen molar-refractivity contribution in [2.75, 3.05) is 32.3 Å². The van der Waals surface area contributed by atoms with Crippen molar-refractivity contribution in [2.24, 2.45) is 5.92 Å². The Hall–Kier alpha value is -2.28. The second-order valence-electron chi connectivity index (χ2n) is 6.07. The van der Waals surface area contributed by atoms with E-state index >= 15 is 0 Å². The summed E-state index contributed by atoms with van der Waals surface area (Å²) in [5.41, 5.74) is 0.681. The van der Waals surface area contributed by atoms with Crippen LogP contribution in [0.4, 0.5) is 5.69 Å². The summed E-state index contributed by atoms with van der Waals surface area (Å²) in [5, 5.41) is 2.91. The molecule has 1 amide bonds. The Bertz CT molecular complexity index is 625. The Morgan fingerprint density at radius 1 is 1.25 bits per heavy atom. The van der Waals surface area contributed by atoms with Crippen LogP contribution in [0, 0.1) is 5.92 Å². The maximum atomic E-state index is 12.5. The number of ether oxygens (including phenoxy) is 3. The van der Waals surface area contributed by atoms with Crippen LogP contribution in [0.5, 0.6) is 11.5 Å². The molecule has 0 aliphatic carbocycles. The van der Waals surface area contributed by atoms with Crippen molar-refractivity contribution < 1.29 is 23.8 Å². The van der Waals surface area contributed by atoms with Gasteiger partial charge in [-0.15, -0.1) is 0 Å². The van der Waals surface area contributed by atoms with Gasteiger partial charge in [-0.05, 0) is 45.0 Å². The molecule has 0 spiro atoms. The Balaban J connectivity index is 1.55. The molecule has 2 aliphatic heterocycles. The van der Waals surface area contributed by atoms with Gasteiger partial charge < -0.3 is 19.5 Å². The number of anilines is 1. The molecule has 1 N–H and O–H groups in total. The van der Waals surface area contributed by atoms with E-state index in [4.69, 9.17) is 14.2 Å². The number of carbonyl (C=O) groups is 2. The van der Waals surface area contributed by atoms with Crippen LogP contribution in [0.3, 0.4) is 0 Å². The molecule has 1 saturated heterocycles. The molecule has 0 aromatic heterocycles. The number of methoxy groups -OCH3 is 1. The van der Waals surface area contributed by atoms with Crippen molar-refractivity contribution in [3.05, 3.63) is 18.2 Å². The van der Waals surface area contributed by atoms with Gasteiger partial charge in [-0.2, -0.15) is 0 Å². The van der Waals surface area contributed by atoms with Gasteiger partial charge in [-0.1, -0.05) is 0 Å². The lowest BCUT2D eigenvalue weighted by atomic mass is 9.96. The SMILES string of the molecule is COC(=O)C1CCN([C@@H](C)C(=O)Nc2ccc3c(c2)OCO3)CC1. The lowest BCUT2D eigenvalue weighted by Crippen LogP contribution is -2.47. The first-order chi connectivity index (χ1) is 11.6.